The van der Waals surface area contributed by atoms with E-state index in [-0.39, 0.29) is 35.9 Å². The van der Waals surface area contributed by atoms with Crippen molar-refractivity contribution in [3.05, 3.63) is 42.2 Å². The number of para-hydroxylation sites is 2. The average Bonchev–Trinajstić information content (AvgIpc) is 3.34. The first kappa shape index (κ1) is 19.6. The van der Waals surface area contributed by atoms with E-state index in [1.165, 1.54) is 16.9 Å². The molecule has 2 aromatic rings. The van der Waals surface area contributed by atoms with Crippen LogP contribution in [-0.4, -0.2) is 38.7 Å². The third-order valence-electron chi connectivity index (χ3n) is 4.84. The zero-order valence-electron chi connectivity index (χ0n) is 15.7. The Bertz CT molecular complexity index is 871. The number of amides is 2. The van der Waals surface area contributed by atoms with Gasteiger partial charge in [-0.05, 0) is 38.0 Å². The zero-order chi connectivity index (χ0) is 20.1. The van der Waals surface area contributed by atoms with Crippen LogP contribution in [0.4, 0.5) is 5.69 Å². The van der Waals surface area contributed by atoms with E-state index in [0.29, 0.717) is 11.4 Å². The number of hydrogen-bond donors (Lipinski definition) is 3. The van der Waals surface area contributed by atoms with Crippen LogP contribution >= 0.6 is 0 Å². The molecule has 0 aliphatic heterocycles. The van der Waals surface area contributed by atoms with E-state index < -0.39 is 5.97 Å². The van der Waals surface area contributed by atoms with Crippen LogP contribution in [0.5, 0.6) is 0 Å². The number of aromatic nitrogens is 2. The van der Waals surface area contributed by atoms with Crippen LogP contribution in [0, 0.1) is 5.92 Å². The number of anilines is 1. The number of carbonyl (C=O) groups excluding carboxylic acids is 2. The molecule has 1 aromatic heterocycles. The van der Waals surface area contributed by atoms with Crippen molar-refractivity contribution in [3.8, 4) is 5.69 Å². The molecule has 0 saturated heterocycles. The second-order valence-corrected chi connectivity index (χ2v) is 7.11. The fraction of sp³-hybridized carbons (Fsp3) is 0.400. The predicted octanol–water partition coefficient (Wildman–Crippen LogP) is 2.59. The summed E-state index contributed by atoms with van der Waals surface area (Å²) in [4.78, 5) is 35.7. The number of carbonyl (C=O) groups is 3. The van der Waals surface area contributed by atoms with E-state index in [4.69, 9.17) is 5.11 Å². The number of hydrogen-bond acceptors (Lipinski definition) is 4. The van der Waals surface area contributed by atoms with Crippen LogP contribution in [-0.2, 0) is 9.59 Å². The molecular formula is C20H24N4O4. The maximum absolute atomic E-state index is 12.4. The minimum Gasteiger partial charge on any atom is -0.476 e. The van der Waals surface area contributed by atoms with Gasteiger partial charge in [0.1, 0.15) is 0 Å². The number of rotatable bonds is 7. The molecule has 2 amide bonds. The Morgan fingerprint density at radius 2 is 1.93 bits per heavy atom. The third kappa shape index (κ3) is 4.76. The first-order valence-electron chi connectivity index (χ1n) is 9.42. The molecule has 1 heterocycles. The topological polar surface area (TPSA) is 113 Å². The van der Waals surface area contributed by atoms with Crippen LogP contribution in [0.15, 0.2) is 36.5 Å². The molecule has 148 valence electrons. The molecule has 1 aliphatic rings. The molecule has 0 bridgehead atoms. The first-order valence-corrected chi connectivity index (χ1v) is 9.42. The highest BCUT2D eigenvalue weighted by molar-refractivity contribution is 5.93. The summed E-state index contributed by atoms with van der Waals surface area (Å²) in [6, 6.07) is 8.12. The standard InChI is InChI=1S/C20H24N4O4/c1-13(21-19(26)14-6-2-3-7-14)12-18(25)22-15-8-4-5-9-17(15)24-11-10-16(23-24)20(27)28/h4-5,8-11,13-14H,2-3,6-7,12H2,1H3,(H,21,26)(H,22,25)(H,27,28). The molecule has 1 atom stereocenters. The summed E-state index contributed by atoms with van der Waals surface area (Å²) in [6.07, 6.45) is 5.67. The second-order valence-electron chi connectivity index (χ2n) is 7.11. The normalized spacial score (nSPS) is 15.2. The van der Waals surface area contributed by atoms with Gasteiger partial charge in [0.2, 0.25) is 11.8 Å². The Labute approximate surface area is 162 Å². The van der Waals surface area contributed by atoms with Crippen LogP contribution < -0.4 is 10.6 Å². The van der Waals surface area contributed by atoms with Gasteiger partial charge in [-0.3, -0.25) is 9.59 Å². The molecule has 1 fully saturated rings. The molecule has 8 nitrogen and oxygen atoms in total. The van der Waals surface area contributed by atoms with Crippen molar-refractivity contribution in [2.45, 2.75) is 45.1 Å². The number of benzene rings is 1. The Hall–Kier alpha value is -3.16. The van der Waals surface area contributed by atoms with Crippen LogP contribution in [0.3, 0.4) is 0 Å². The van der Waals surface area contributed by atoms with E-state index in [0.717, 1.165) is 25.7 Å². The average molecular weight is 384 g/mol. The van der Waals surface area contributed by atoms with Crippen molar-refractivity contribution in [3.63, 3.8) is 0 Å². The van der Waals surface area contributed by atoms with Gasteiger partial charge < -0.3 is 15.7 Å². The Kier molecular flexibility index (Phi) is 6.08. The summed E-state index contributed by atoms with van der Waals surface area (Å²) in [6.45, 7) is 1.81. The van der Waals surface area contributed by atoms with Gasteiger partial charge in [-0.2, -0.15) is 5.10 Å². The molecule has 0 spiro atoms. The number of carboxylic acids is 1. The van der Waals surface area contributed by atoms with Gasteiger partial charge in [0, 0.05) is 24.6 Å². The fourth-order valence-corrected chi connectivity index (χ4v) is 3.43. The summed E-state index contributed by atoms with van der Waals surface area (Å²) < 4.78 is 1.41. The number of carboxylic acid groups (broad SMARTS) is 1. The van der Waals surface area contributed by atoms with Crippen molar-refractivity contribution in [2.24, 2.45) is 5.92 Å². The van der Waals surface area contributed by atoms with Gasteiger partial charge in [-0.1, -0.05) is 25.0 Å². The van der Waals surface area contributed by atoms with Gasteiger partial charge in [-0.25, -0.2) is 9.48 Å². The molecule has 1 aromatic carbocycles. The highest BCUT2D eigenvalue weighted by Crippen LogP contribution is 2.25. The lowest BCUT2D eigenvalue weighted by atomic mass is 10.1. The minimum atomic E-state index is -1.12. The Balaban J connectivity index is 1.62. The van der Waals surface area contributed by atoms with Crippen molar-refractivity contribution >= 4 is 23.5 Å². The lowest BCUT2D eigenvalue weighted by Gasteiger charge is -2.17. The molecule has 28 heavy (non-hydrogen) atoms. The predicted molar refractivity (Wildman–Crippen MR) is 103 cm³/mol. The molecule has 1 unspecified atom stereocenters. The van der Waals surface area contributed by atoms with Gasteiger partial charge in [-0.15, -0.1) is 0 Å². The molecule has 1 saturated carbocycles. The number of nitrogens with zero attached hydrogens (tertiary/aromatic N) is 2. The van der Waals surface area contributed by atoms with Crippen molar-refractivity contribution in [1.29, 1.82) is 0 Å². The smallest absolute Gasteiger partial charge is 0.356 e. The third-order valence-corrected chi connectivity index (χ3v) is 4.84. The van der Waals surface area contributed by atoms with Gasteiger partial charge in [0.25, 0.3) is 0 Å². The van der Waals surface area contributed by atoms with Crippen LogP contribution in [0.25, 0.3) is 5.69 Å². The quantitative estimate of drug-likeness (QED) is 0.679. The summed E-state index contributed by atoms with van der Waals surface area (Å²) in [5.41, 5.74) is 0.997. The van der Waals surface area contributed by atoms with E-state index in [1.807, 2.05) is 6.92 Å². The van der Waals surface area contributed by atoms with Crippen LogP contribution in [0.2, 0.25) is 0 Å². The minimum absolute atomic E-state index is 0.0240. The van der Waals surface area contributed by atoms with Crippen LogP contribution in [0.1, 0.15) is 49.5 Å². The maximum atomic E-state index is 12.4. The lowest BCUT2D eigenvalue weighted by Crippen LogP contribution is -2.38. The van der Waals surface area contributed by atoms with E-state index in [2.05, 4.69) is 15.7 Å². The van der Waals surface area contributed by atoms with Crippen molar-refractivity contribution < 1.29 is 19.5 Å². The molecule has 0 radical (unpaired) electrons. The molecule has 3 N–H and O–H groups in total. The molecular weight excluding hydrogens is 360 g/mol. The first-order chi connectivity index (χ1) is 13.4. The second kappa shape index (κ2) is 8.69. The molecule has 3 rings (SSSR count). The highest BCUT2D eigenvalue weighted by atomic mass is 16.4. The van der Waals surface area contributed by atoms with Crippen molar-refractivity contribution in [2.75, 3.05) is 5.32 Å². The highest BCUT2D eigenvalue weighted by Gasteiger charge is 2.24. The molecule has 8 heteroatoms. The summed E-state index contributed by atoms with van der Waals surface area (Å²) >= 11 is 0. The summed E-state index contributed by atoms with van der Waals surface area (Å²) in [5, 5.41) is 18.8. The van der Waals surface area contributed by atoms with E-state index in [9.17, 15) is 14.4 Å². The Morgan fingerprint density at radius 1 is 1.21 bits per heavy atom. The fourth-order valence-electron chi connectivity index (χ4n) is 3.43. The van der Waals surface area contributed by atoms with E-state index >= 15 is 0 Å². The van der Waals surface area contributed by atoms with Crippen molar-refractivity contribution in [1.82, 2.24) is 15.1 Å². The van der Waals surface area contributed by atoms with Gasteiger partial charge >= 0.3 is 5.97 Å². The lowest BCUT2D eigenvalue weighted by molar-refractivity contribution is -0.125. The number of nitrogens with one attached hydrogen (secondary N) is 2. The maximum Gasteiger partial charge on any atom is 0.356 e. The Morgan fingerprint density at radius 3 is 2.61 bits per heavy atom. The zero-order valence-corrected chi connectivity index (χ0v) is 15.7. The largest absolute Gasteiger partial charge is 0.476 e. The SMILES string of the molecule is CC(CC(=O)Nc1ccccc1-n1ccc(C(=O)O)n1)NC(=O)C1CCCC1. The van der Waals surface area contributed by atoms with Gasteiger partial charge in [0.15, 0.2) is 5.69 Å². The summed E-state index contributed by atoms with van der Waals surface area (Å²) in [5.74, 6) is -1.27. The monoisotopic (exact) mass is 384 g/mol. The van der Waals surface area contributed by atoms with E-state index in [1.54, 1.807) is 24.3 Å². The van der Waals surface area contributed by atoms with Gasteiger partial charge in [0.05, 0.1) is 11.4 Å². The molecule has 1 aliphatic carbocycles. The number of aromatic carboxylic acids is 1. The summed E-state index contributed by atoms with van der Waals surface area (Å²) in [7, 11) is 0.